The van der Waals surface area contributed by atoms with Gasteiger partial charge >= 0.3 is 5.97 Å². The summed E-state index contributed by atoms with van der Waals surface area (Å²) in [7, 11) is 0. The summed E-state index contributed by atoms with van der Waals surface area (Å²) in [4.78, 5) is 18.4. The highest BCUT2D eigenvalue weighted by Crippen LogP contribution is 2.23. The summed E-state index contributed by atoms with van der Waals surface area (Å²) >= 11 is 5.82. The first-order valence-electron chi connectivity index (χ1n) is 4.47. The molecule has 0 saturated carbocycles. The number of carbonyl (C=O) groups is 1. The zero-order valence-electron chi connectivity index (χ0n) is 8.09. The number of aromatic carboxylic acids is 1. The van der Waals surface area contributed by atoms with Gasteiger partial charge in [0.15, 0.2) is 5.69 Å². The van der Waals surface area contributed by atoms with Gasteiger partial charge in [0, 0.05) is 24.2 Å². The summed E-state index contributed by atoms with van der Waals surface area (Å²) in [5.74, 6) is -1.13. The van der Waals surface area contributed by atoms with Crippen molar-refractivity contribution < 1.29 is 9.90 Å². The SMILES string of the molecule is O=C(O)c1ncc(-c2ccncc2)cc1Cl. The molecule has 0 atom stereocenters. The second-order valence-electron chi connectivity index (χ2n) is 3.10. The molecule has 0 spiro atoms. The lowest BCUT2D eigenvalue weighted by Crippen LogP contribution is -2.01. The smallest absolute Gasteiger partial charge is 0.356 e. The van der Waals surface area contributed by atoms with Crippen molar-refractivity contribution >= 4 is 17.6 Å². The minimum Gasteiger partial charge on any atom is -0.476 e. The fraction of sp³-hybridized carbons (Fsp3) is 0. The van der Waals surface area contributed by atoms with E-state index in [1.807, 2.05) is 0 Å². The van der Waals surface area contributed by atoms with Crippen LogP contribution in [0.4, 0.5) is 0 Å². The van der Waals surface area contributed by atoms with Crippen LogP contribution in [0.25, 0.3) is 11.1 Å². The minimum absolute atomic E-state index is 0.127. The van der Waals surface area contributed by atoms with Crippen LogP contribution in [0, 0.1) is 0 Å². The number of halogens is 1. The molecule has 1 N–H and O–H groups in total. The monoisotopic (exact) mass is 234 g/mol. The zero-order valence-corrected chi connectivity index (χ0v) is 8.85. The molecule has 2 rings (SSSR count). The molecule has 0 saturated heterocycles. The molecule has 4 nitrogen and oxygen atoms in total. The average molecular weight is 235 g/mol. The first-order valence-corrected chi connectivity index (χ1v) is 4.85. The van der Waals surface area contributed by atoms with E-state index in [1.165, 1.54) is 6.20 Å². The third kappa shape index (κ3) is 2.01. The maximum absolute atomic E-state index is 10.7. The van der Waals surface area contributed by atoms with Crippen LogP contribution in [0.1, 0.15) is 10.5 Å². The molecule has 0 amide bonds. The molecule has 0 aliphatic carbocycles. The van der Waals surface area contributed by atoms with Gasteiger partial charge in [-0.3, -0.25) is 4.98 Å². The maximum atomic E-state index is 10.7. The quantitative estimate of drug-likeness (QED) is 0.867. The van der Waals surface area contributed by atoms with Crippen molar-refractivity contribution in [2.45, 2.75) is 0 Å². The molecule has 0 radical (unpaired) electrons. The number of nitrogens with zero attached hydrogens (tertiary/aromatic N) is 2. The Hall–Kier alpha value is -1.94. The van der Waals surface area contributed by atoms with E-state index in [4.69, 9.17) is 16.7 Å². The highest BCUT2D eigenvalue weighted by Gasteiger charge is 2.11. The molecule has 80 valence electrons. The first kappa shape index (κ1) is 10.6. The van der Waals surface area contributed by atoms with E-state index in [1.54, 1.807) is 30.6 Å². The van der Waals surface area contributed by atoms with Gasteiger partial charge in [0.1, 0.15) is 0 Å². The number of hydrogen-bond acceptors (Lipinski definition) is 3. The maximum Gasteiger partial charge on any atom is 0.356 e. The van der Waals surface area contributed by atoms with Gasteiger partial charge in [0.05, 0.1) is 5.02 Å². The molecule has 0 aliphatic rings. The predicted octanol–water partition coefficient (Wildman–Crippen LogP) is 2.50. The molecule has 2 aromatic heterocycles. The van der Waals surface area contributed by atoms with Gasteiger partial charge in [0.25, 0.3) is 0 Å². The lowest BCUT2D eigenvalue weighted by Gasteiger charge is -2.03. The van der Waals surface area contributed by atoms with Gasteiger partial charge in [-0.05, 0) is 23.8 Å². The molecule has 0 bridgehead atoms. The molecule has 2 heterocycles. The molecular formula is C11H7ClN2O2. The molecule has 5 heteroatoms. The molecule has 0 aromatic carbocycles. The van der Waals surface area contributed by atoms with Gasteiger partial charge in [-0.1, -0.05) is 11.6 Å². The van der Waals surface area contributed by atoms with Crippen molar-refractivity contribution in [2.75, 3.05) is 0 Å². The number of rotatable bonds is 2. The second kappa shape index (κ2) is 4.28. The van der Waals surface area contributed by atoms with Crippen molar-refractivity contribution in [1.29, 1.82) is 0 Å². The molecule has 0 fully saturated rings. The Morgan fingerprint density at radius 1 is 1.25 bits per heavy atom. The number of hydrogen-bond donors (Lipinski definition) is 1. The Labute approximate surface area is 96.6 Å². The van der Waals surface area contributed by atoms with Crippen molar-refractivity contribution in [3.05, 3.63) is 47.5 Å². The van der Waals surface area contributed by atoms with E-state index in [9.17, 15) is 4.79 Å². The van der Waals surface area contributed by atoms with E-state index < -0.39 is 5.97 Å². The van der Waals surface area contributed by atoms with Crippen LogP contribution in [-0.4, -0.2) is 21.0 Å². The first-order chi connectivity index (χ1) is 7.68. The van der Waals surface area contributed by atoms with Crippen LogP contribution in [0.15, 0.2) is 36.8 Å². The van der Waals surface area contributed by atoms with Gasteiger partial charge < -0.3 is 5.11 Å². The fourth-order valence-electron chi connectivity index (χ4n) is 1.30. The van der Waals surface area contributed by atoms with Gasteiger partial charge in [0.2, 0.25) is 0 Å². The Bertz CT molecular complexity index is 529. The minimum atomic E-state index is -1.13. The Kier molecular flexibility index (Phi) is 2.83. The number of aromatic nitrogens is 2. The normalized spacial score (nSPS) is 10.1. The van der Waals surface area contributed by atoms with Crippen LogP contribution in [0.3, 0.4) is 0 Å². The third-order valence-electron chi connectivity index (χ3n) is 2.06. The zero-order chi connectivity index (χ0) is 11.5. The number of pyridine rings is 2. The summed E-state index contributed by atoms with van der Waals surface area (Å²) in [6.07, 6.45) is 4.77. The largest absolute Gasteiger partial charge is 0.476 e. The van der Waals surface area contributed by atoms with Crippen LogP contribution in [0.5, 0.6) is 0 Å². The lowest BCUT2D eigenvalue weighted by atomic mass is 10.1. The van der Waals surface area contributed by atoms with Crippen molar-refractivity contribution in [3.63, 3.8) is 0 Å². The number of carboxylic acid groups (broad SMARTS) is 1. The standard InChI is InChI=1S/C11H7ClN2O2/c12-9-5-8(6-14-10(9)11(15)16)7-1-3-13-4-2-7/h1-6H,(H,15,16). The van der Waals surface area contributed by atoms with E-state index >= 15 is 0 Å². The summed E-state index contributed by atoms with van der Waals surface area (Å²) in [6.45, 7) is 0. The predicted molar refractivity (Wildman–Crippen MR) is 59.4 cm³/mol. The Morgan fingerprint density at radius 3 is 2.50 bits per heavy atom. The van der Waals surface area contributed by atoms with Crippen molar-refractivity contribution in [1.82, 2.24) is 9.97 Å². The summed E-state index contributed by atoms with van der Waals surface area (Å²) in [6, 6.07) is 5.18. The van der Waals surface area contributed by atoms with E-state index in [2.05, 4.69) is 9.97 Å². The Balaban J connectivity index is 2.46. The Morgan fingerprint density at radius 2 is 1.94 bits per heavy atom. The average Bonchev–Trinajstić information content (AvgIpc) is 2.29. The van der Waals surface area contributed by atoms with E-state index in [0.717, 1.165) is 11.1 Å². The van der Waals surface area contributed by atoms with Crippen LogP contribution < -0.4 is 0 Å². The highest BCUT2D eigenvalue weighted by molar-refractivity contribution is 6.33. The van der Waals surface area contributed by atoms with Crippen molar-refractivity contribution in [3.8, 4) is 11.1 Å². The summed E-state index contributed by atoms with van der Waals surface area (Å²) in [5.41, 5.74) is 1.51. The number of carboxylic acids is 1. The topological polar surface area (TPSA) is 63.1 Å². The van der Waals surface area contributed by atoms with Crippen molar-refractivity contribution in [2.24, 2.45) is 0 Å². The van der Waals surface area contributed by atoms with Crippen LogP contribution in [0.2, 0.25) is 5.02 Å². The van der Waals surface area contributed by atoms with E-state index in [0.29, 0.717) is 0 Å². The van der Waals surface area contributed by atoms with Crippen LogP contribution >= 0.6 is 11.6 Å². The summed E-state index contributed by atoms with van der Waals surface area (Å²) < 4.78 is 0. The second-order valence-corrected chi connectivity index (χ2v) is 3.50. The van der Waals surface area contributed by atoms with E-state index in [-0.39, 0.29) is 10.7 Å². The van der Waals surface area contributed by atoms with Gasteiger partial charge in [-0.15, -0.1) is 0 Å². The molecule has 0 unspecified atom stereocenters. The third-order valence-corrected chi connectivity index (χ3v) is 2.35. The molecule has 16 heavy (non-hydrogen) atoms. The molecule has 0 aliphatic heterocycles. The molecular weight excluding hydrogens is 228 g/mol. The van der Waals surface area contributed by atoms with Gasteiger partial charge in [-0.2, -0.15) is 0 Å². The summed E-state index contributed by atoms with van der Waals surface area (Å²) in [5, 5.41) is 8.90. The van der Waals surface area contributed by atoms with Crippen LogP contribution in [-0.2, 0) is 0 Å². The fourth-order valence-corrected chi connectivity index (χ4v) is 1.54. The van der Waals surface area contributed by atoms with Gasteiger partial charge in [-0.25, -0.2) is 9.78 Å². The lowest BCUT2D eigenvalue weighted by molar-refractivity contribution is 0.0691. The molecule has 2 aromatic rings. The highest BCUT2D eigenvalue weighted by atomic mass is 35.5.